The van der Waals surface area contributed by atoms with Gasteiger partial charge in [-0.15, -0.1) is 0 Å². The Morgan fingerprint density at radius 2 is 1.81 bits per heavy atom. The maximum atomic E-state index is 13.9. The van der Waals surface area contributed by atoms with Gasteiger partial charge in [-0.1, -0.05) is 0 Å². The largest absolute Gasteiger partial charge is 0.494 e. The number of rotatable bonds is 7. The third-order valence-corrected chi connectivity index (χ3v) is 7.82. The van der Waals surface area contributed by atoms with Gasteiger partial charge in [0.2, 0.25) is 0 Å². The first-order chi connectivity index (χ1) is 17.4. The van der Waals surface area contributed by atoms with Crippen molar-refractivity contribution in [3.8, 4) is 11.8 Å². The number of aromatic nitrogens is 2. The van der Waals surface area contributed by atoms with E-state index in [1.807, 2.05) is 13.1 Å². The van der Waals surface area contributed by atoms with Crippen molar-refractivity contribution < 1.29 is 9.13 Å². The predicted molar refractivity (Wildman–Crippen MR) is 139 cm³/mol. The number of aryl methyl sites for hydroxylation is 1. The average molecular weight is 490 g/mol. The number of anilines is 2. The summed E-state index contributed by atoms with van der Waals surface area (Å²) >= 11 is 0. The number of fused-ring (bicyclic) bond motifs is 1. The Hall–Kier alpha value is -3.60. The fraction of sp³-hybridized carbons (Fsp3) is 0.464. The molecule has 0 spiro atoms. The van der Waals surface area contributed by atoms with Crippen LogP contribution in [-0.4, -0.2) is 42.3 Å². The van der Waals surface area contributed by atoms with E-state index in [-0.39, 0.29) is 17.4 Å². The molecule has 0 bridgehead atoms. The second kappa shape index (κ2) is 9.81. The molecule has 188 valence electrons. The molecule has 2 aliphatic rings. The van der Waals surface area contributed by atoms with Crippen LogP contribution in [-0.2, 0) is 7.05 Å². The highest BCUT2D eigenvalue weighted by molar-refractivity contribution is 5.88. The molecular formula is C28H32FN5O2. The minimum absolute atomic E-state index is 0.0939. The molecule has 0 unspecified atom stereocenters. The quantitative estimate of drug-likeness (QED) is 0.482. The first kappa shape index (κ1) is 24.1. The lowest BCUT2D eigenvalue weighted by Gasteiger charge is -2.42. The number of methoxy groups -OCH3 is 1. The van der Waals surface area contributed by atoms with Crippen LogP contribution < -0.4 is 20.1 Å². The Morgan fingerprint density at radius 1 is 1.08 bits per heavy atom. The molecule has 0 amide bonds. The molecule has 0 radical (unpaired) electrons. The lowest BCUT2D eigenvalue weighted by atomic mass is 9.88. The van der Waals surface area contributed by atoms with E-state index in [0.717, 1.165) is 49.1 Å². The van der Waals surface area contributed by atoms with Gasteiger partial charge < -0.3 is 19.1 Å². The van der Waals surface area contributed by atoms with E-state index in [1.54, 1.807) is 36.9 Å². The van der Waals surface area contributed by atoms with Gasteiger partial charge in [-0.05, 0) is 68.7 Å². The summed E-state index contributed by atoms with van der Waals surface area (Å²) in [5.74, 6) is 0.982. The number of pyridine rings is 2. The van der Waals surface area contributed by atoms with Gasteiger partial charge >= 0.3 is 0 Å². The van der Waals surface area contributed by atoms with Gasteiger partial charge in [-0.25, -0.2) is 9.37 Å². The normalized spacial score (nSPS) is 19.6. The smallest absolute Gasteiger partial charge is 0.252 e. The lowest BCUT2D eigenvalue weighted by molar-refractivity contribution is 0.359. The lowest BCUT2D eigenvalue weighted by Crippen LogP contribution is -2.44. The van der Waals surface area contributed by atoms with Gasteiger partial charge in [0.05, 0.1) is 24.0 Å². The van der Waals surface area contributed by atoms with Crippen molar-refractivity contribution in [2.75, 3.05) is 30.5 Å². The molecule has 2 aromatic heterocycles. The van der Waals surface area contributed by atoms with E-state index in [2.05, 4.69) is 20.9 Å². The Morgan fingerprint density at radius 3 is 2.47 bits per heavy atom. The van der Waals surface area contributed by atoms with E-state index in [0.29, 0.717) is 28.9 Å². The molecule has 2 heterocycles. The van der Waals surface area contributed by atoms with Crippen LogP contribution in [0.15, 0.2) is 41.2 Å². The summed E-state index contributed by atoms with van der Waals surface area (Å²) in [4.78, 5) is 21.8. The van der Waals surface area contributed by atoms with E-state index in [4.69, 9.17) is 4.74 Å². The van der Waals surface area contributed by atoms with Crippen molar-refractivity contribution >= 4 is 22.4 Å². The summed E-state index contributed by atoms with van der Waals surface area (Å²) in [5.41, 5.74) is 3.37. The molecule has 8 heteroatoms. The Kier molecular flexibility index (Phi) is 6.57. The highest BCUT2D eigenvalue weighted by Crippen LogP contribution is 2.40. The van der Waals surface area contributed by atoms with Crippen LogP contribution in [0.1, 0.15) is 44.2 Å². The molecule has 36 heavy (non-hydrogen) atoms. The molecular weight excluding hydrogens is 457 g/mol. The SMILES string of the molecule is COc1cc(F)ccc1N(CC1CC1)[C@H]1CC[C@@H](N(C)c2cc(=O)n(C)c3ccc(C#N)nc23)CC1. The van der Waals surface area contributed by atoms with E-state index < -0.39 is 0 Å². The van der Waals surface area contributed by atoms with Gasteiger partial charge in [0.1, 0.15) is 28.8 Å². The summed E-state index contributed by atoms with van der Waals surface area (Å²) in [6.07, 6.45) is 6.38. The molecule has 0 aliphatic heterocycles. The molecule has 2 saturated carbocycles. The van der Waals surface area contributed by atoms with Crippen LogP contribution in [0, 0.1) is 23.1 Å². The minimum atomic E-state index is -0.290. The standard InChI is InChI=1S/C28H32FN5O2/c1-32(25-15-27(35)33(2)24-13-7-20(16-30)31-28(24)25)21-8-10-22(11-9-21)34(17-18-4-5-18)23-12-6-19(29)14-26(23)36-3/h6-7,12-15,18,21-22H,4-5,8-11,17H2,1-3H3/t21-,22+. The fourth-order valence-electron chi connectivity index (χ4n) is 5.51. The van der Waals surface area contributed by atoms with Crippen molar-refractivity contribution in [1.29, 1.82) is 5.26 Å². The number of nitriles is 1. The third kappa shape index (κ3) is 4.62. The van der Waals surface area contributed by atoms with Gasteiger partial charge in [0.15, 0.2) is 0 Å². The summed E-state index contributed by atoms with van der Waals surface area (Å²) in [7, 11) is 5.34. The highest BCUT2D eigenvalue weighted by atomic mass is 19.1. The van der Waals surface area contributed by atoms with Crippen LogP contribution in [0.3, 0.4) is 0 Å². The second-order valence-corrected chi connectivity index (χ2v) is 10.1. The molecule has 0 saturated heterocycles. The van der Waals surface area contributed by atoms with Crippen LogP contribution in [0.4, 0.5) is 15.8 Å². The van der Waals surface area contributed by atoms with Crippen LogP contribution in [0.5, 0.6) is 5.75 Å². The van der Waals surface area contributed by atoms with Crippen LogP contribution >= 0.6 is 0 Å². The maximum absolute atomic E-state index is 13.9. The number of halogens is 1. The Labute approximate surface area is 210 Å². The summed E-state index contributed by atoms with van der Waals surface area (Å²) in [6.45, 7) is 0.966. The first-order valence-corrected chi connectivity index (χ1v) is 12.6. The monoisotopic (exact) mass is 489 g/mol. The van der Waals surface area contributed by atoms with E-state index >= 15 is 0 Å². The van der Waals surface area contributed by atoms with Gasteiger partial charge in [0, 0.05) is 44.9 Å². The molecule has 0 N–H and O–H groups in total. The zero-order valence-electron chi connectivity index (χ0n) is 21.1. The zero-order chi connectivity index (χ0) is 25.4. The number of ether oxygens (including phenoxy) is 1. The van der Waals surface area contributed by atoms with Gasteiger partial charge in [-0.2, -0.15) is 5.26 Å². The molecule has 5 rings (SSSR count). The number of hydrogen-bond donors (Lipinski definition) is 0. The van der Waals surface area contributed by atoms with E-state index in [9.17, 15) is 14.4 Å². The summed E-state index contributed by atoms with van der Waals surface area (Å²) in [6, 6.07) is 12.6. The molecule has 2 fully saturated rings. The zero-order valence-corrected chi connectivity index (χ0v) is 21.1. The molecule has 2 aliphatic carbocycles. The second-order valence-electron chi connectivity index (χ2n) is 10.1. The molecule has 7 nitrogen and oxygen atoms in total. The number of hydrogen-bond acceptors (Lipinski definition) is 6. The summed E-state index contributed by atoms with van der Waals surface area (Å²) < 4.78 is 21.0. The topological polar surface area (TPSA) is 74.4 Å². The van der Waals surface area contributed by atoms with E-state index in [1.165, 1.54) is 25.0 Å². The predicted octanol–water partition coefficient (Wildman–Crippen LogP) is 4.62. The molecule has 3 aromatic rings. The van der Waals surface area contributed by atoms with Crippen molar-refractivity contribution in [3.63, 3.8) is 0 Å². The van der Waals surface area contributed by atoms with Crippen molar-refractivity contribution in [2.45, 2.75) is 50.6 Å². The average Bonchev–Trinajstić information content (AvgIpc) is 3.73. The third-order valence-electron chi connectivity index (χ3n) is 7.82. The van der Waals surface area contributed by atoms with Crippen molar-refractivity contribution in [3.05, 3.63) is 58.3 Å². The minimum Gasteiger partial charge on any atom is -0.494 e. The van der Waals surface area contributed by atoms with Crippen molar-refractivity contribution in [2.24, 2.45) is 13.0 Å². The Bertz CT molecular complexity index is 1370. The molecule has 1 aromatic carbocycles. The number of benzene rings is 1. The van der Waals surface area contributed by atoms with Crippen LogP contribution in [0.2, 0.25) is 0 Å². The van der Waals surface area contributed by atoms with Crippen molar-refractivity contribution in [1.82, 2.24) is 9.55 Å². The first-order valence-electron chi connectivity index (χ1n) is 12.6. The Balaban J connectivity index is 1.38. The van der Waals surface area contributed by atoms with Gasteiger partial charge in [0.25, 0.3) is 5.56 Å². The van der Waals surface area contributed by atoms with Gasteiger partial charge in [-0.3, -0.25) is 4.79 Å². The summed E-state index contributed by atoms with van der Waals surface area (Å²) in [5, 5.41) is 9.36. The highest BCUT2D eigenvalue weighted by Gasteiger charge is 2.33. The van der Waals surface area contributed by atoms with Crippen LogP contribution in [0.25, 0.3) is 11.0 Å². The maximum Gasteiger partial charge on any atom is 0.252 e. The number of nitrogens with zero attached hydrogens (tertiary/aromatic N) is 5. The fourth-order valence-corrected chi connectivity index (χ4v) is 5.51. The molecule has 0 atom stereocenters.